The Bertz CT molecular complexity index is 934. The van der Waals surface area contributed by atoms with E-state index in [0.29, 0.717) is 6.61 Å². The molecule has 0 aromatic heterocycles. The molecule has 1 atom stereocenters. The number of ether oxygens (including phenoxy) is 1. The lowest BCUT2D eigenvalue weighted by Crippen LogP contribution is -2.35. The second-order valence-electron chi connectivity index (χ2n) is 7.40. The maximum absolute atomic E-state index is 9.65. The topological polar surface area (TPSA) is 52.9 Å². The molecule has 0 amide bonds. The van der Waals surface area contributed by atoms with Gasteiger partial charge in [-0.25, -0.2) is 0 Å². The Morgan fingerprint density at radius 1 is 0.933 bits per heavy atom. The average molecular weight is 404 g/mol. The van der Waals surface area contributed by atoms with E-state index in [1.807, 2.05) is 56.4 Å². The molecule has 3 aromatic carbocycles. The van der Waals surface area contributed by atoms with Crippen LogP contribution in [-0.2, 0) is 0 Å². The fraction of sp³-hybridized carbons (Fsp3) is 0.231. The first-order chi connectivity index (χ1) is 14.6. The minimum atomic E-state index is 0.118. The predicted octanol–water partition coefficient (Wildman–Crippen LogP) is 4.67. The first kappa shape index (κ1) is 21.6. The number of rotatable bonds is 9. The molecular formula is C26H29NO3. The summed E-state index contributed by atoms with van der Waals surface area (Å²) in [6, 6.07) is 25.6. The van der Waals surface area contributed by atoms with Gasteiger partial charge in [0.1, 0.15) is 18.1 Å². The largest absolute Gasteiger partial charge is 0.508 e. The number of hydrogen-bond acceptors (Lipinski definition) is 4. The van der Waals surface area contributed by atoms with Crippen molar-refractivity contribution in [3.8, 4) is 11.5 Å². The summed E-state index contributed by atoms with van der Waals surface area (Å²) in [5.74, 6) is 1.07. The summed E-state index contributed by atoms with van der Waals surface area (Å²) in [5.41, 5.74) is 4.29. The van der Waals surface area contributed by atoms with Gasteiger partial charge in [-0.15, -0.1) is 0 Å². The van der Waals surface area contributed by atoms with Crippen molar-refractivity contribution in [1.82, 2.24) is 4.90 Å². The van der Waals surface area contributed by atoms with Crippen LogP contribution in [0.2, 0.25) is 0 Å². The third-order valence-corrected chi connectivity index (χ3v) is 5.18. The molecule has 0 saturated heterocycles. The molecule has 0 heterocycles. The van der Waals surface area contributed by atoms with Crippen molar-refractivity contribution in [2.24, 2.45) is 0 Å². The van der Waals surface area contributed by atoms with Crippen LogP contribution in [0.4, 0.5) is 0 Å². The second-order valence-corrected chi connectivity index (χ2v) is 7.40. The molecule has 0 spiro atoms. The van der Waals surface area contributed by atoms with Crippen molar-refractivity contribution in [2.75, 3.05) is 26.8 Å². The Hall–Kier alpha value is -3.08. The van der Waals surface area contributed by atoms with Gasteiger partial charge in [-0.2, -0.15) is 0 Å². The molecule has 4 nitrogen and oxygen atoms in total. The number of likely N-dealkylation sites (N-methyl/N-ethyl adjacent to an activating group) is 1. The van der Waals surface area contributed by atoms with Gasteiger partial charge in [0.05, 0.1) is 6.61 Å². The van der Waals surface area contributed by atoms with E-state index < -0.39 is 0 Å². The predicted molar refractivity (Wildman–Crippen MR) is 123 cm³/mol. The van der Waals surface area contributed by atoms with Crippen molar-refractivity contribution < 1.29 is 14.9 Å². The van der Waals surface area contributed by atoms with Crippen LogP contribution >= 0.6 is 0 Å². The third-order valence-electron chi connectivity index (χ3n) is 5.18. The van der Waals surface area contributed by atoms with Gasteiger partial charge in [-0.1, -0.05) is 54.6 Å². The molecular weight excluding hydrogens is 374 g/mol. The Morgan fingerprint density at radius 2 is 1.53 bits per heavy atom. The highest BCUT2D eigenvalue weighted by Gasteiger charge is 2.09. The Labute approximate surface area is 178 Å². The van der Waals surface area contributed by atoms with Crippen molar-refractivity contribution in [2.45, 2.75) is 13.0 Å². The highest BCUT2D eigenvalue weighted by atomic mass is 16.5. The average Bonchev–Trinajstić information content (AvgIpc) is 2.79. The smallest absolute Gasteiger partial charge is 0.119 e. The third kappa shape index (κ3) is 5.96. The van der Waals surface area contributed by atoms with Gasteiger partial charge in [0.25, 0.3) is 0 Å². The molecule has 156 valence electrons. The van der Waals surface area contributed by atoms with E-state index in [4.69, 9.17) is 4.74 Å². The summed E-state index contributed by atoms with van der Waals surface area (Å²) >= 11 is 0. The lowest BCUT2D eigenvalue weighted by Gasteiger charge is -2.22. The van der Waals surface area contributed by atoms with Crippen molar-refractivity contribution in [1.29, 1.82) is 0 Å². The number of benzene rings is 3. The molecule has 0 aliphatic rings. The molecule has 0 aliphatic carbocycles. The summed E-state index contributed by atoms with van der Waals surface area (Å²) in [6.07, 6.45) is 2.15. The van der Waals surface area contributed by atoms with Crippen LogP contribution in [0.15, 0.2) is 78.9 Å². The second kappa shape index (κ2) is 10.6. The normalized spacial score (nSPS) is 12.7. The van der Waals surface area contributed by atoms with E-state index in [0.717, 1.165) is 34.6 Å². The molecule has 3 rings (SSSR count). The van der Waals surface area contributed by atoms with Gasteiger partial charge in [0, 0.05) is 12.6 Å². The molecule has 3 aromatic rings. The van der Waals surface area contributed by atoms with Gasteiger partial charge >= 0.3 is 0 Å². The van der Waals surface area contributed by atoms with E-state index in [2.05, 4.69) is 35.2 Å². The zero-order chi connectivity index (χ0) is 21.3. The van der Waals surface area contributed by atoms with Crippen LogP contribution in [0, 0.1) is 0 Å². The summed E-state index contributed by atoms with van der Waals surface area (Å²) in [5, 5.41) is 18.9. The summed E-state index contributed by atoms with van der Waals surface area (Å²) < 4.78 is 5.87. The van der Waals surface area contributed by atoms with Crippen molar-refractivity contribution >= 4 is 11.6 Å². The monoisotopic (exact) mass is 403 g/mol. The SMILES string of the molecule is CC(CO)N(C)CCOc1ccc(/C(=C/c2ccccc2)c2ccc(O)cc2)cc1. The summed E-state index contributed by atoms with van der Waals surface area (Å²) in [4.78, 5) is 2.07. The maximum Gasteiger partial charge on any atom is 0.119 e. The molecule has 2 N–H and O–H groups in total. The van der Waals surface area contributed by atoms with Gasteiger partial charge in [0.2, 0.25) is 0 Å². The van der Waals surface area contributed by atoms with Crippen molar-refractivity contribution in [3.05, 3.63) is 95.6 Å². The Balaban J connectivity index is 1.77. The quantitative estimate of drug-likeness (QED) is 0.510. The zero-order valence-electron chi connectivity index (χ0n) is 17.5. The first-order valence-electron chi connectivity index (χ1n) is 10.2. The minimum Gasteiger partial charge on any atom is -0.508 e. The maximum atomic E-state index is 9.65. The fourth-order valence-electron chi connectivity index (χ4n) is 3.09. The molecule has 0 aliphatic heterocycles. The van der Waals surface area contributed by atoms with Gasteiger partial charge in [0.15, 0.2) is 0 Å². The molecule has 1 unspecified atom stereocenters. The molecule has 0 bridgehead atoms. The lowest BCUT2D eigenvalue weighted by atomic mass is 9.95. The van der Waals surface area contributed by atoms with E-state index in [1.54, 1.807) is 12.1 Å². The number of phenols is 1. The summed E-state index contributed by atoms with van der Waals surface area (Å²) in [6.45, 7) is 3.43. The number of phenolic OH excluding ortho intramolecular Hbond substituents is 1. The molecule has 0 fully saturated rings. The fourth-order valence-corrected chi connectivity index (χ4v) is 3.09. The van der Waals surface area contributed by atoms with Gasteiger partial charge < -0.3 is 14.9 Å². The number of hydrogen-bond donors (Lipinski definition) is 2. The van der Waals surface area contributed by atoms with Crippen LogP contribution in [0.5, 0.6) is 11.5 Å². The van der Waals surface area contributed by atoms with E-state index in [9.17, 15) is 10.2 Å². The number of nitrogens with zero attached hydrogens (tertiary/aromatic N) is 1. The zero-order valence-corrected chi connectivity index (χ0v) is 17.5. The standard InChI is InChI=1S/C26H29NO3/c1-20(19-28)27(2)16-17-30-25-14-10-23(11-15-25)26(18-21-6-4-3-5-7-21)22-8-12-24(29)13-9-22/h3-15,18,20,28-29H,16-17,19H2,1-2H3/b26-18+. The Kier molecular flexibility index (Phi) is 7.66. The number of aliphatic hydroxyl groups excluding tert-OH is 1. The molecule has 0 radical (unpaired) electrons. The van der Waals surface area contributed by atoms with Crippen LogP contribution in [0.3, 0.4) is 0 Å². The van der Waals surface area contributed by atoms with E-state index in [1.165, 1.54) is 0 Å². The van der Waals surface area contributed by atoms with Crippen LogP contribution in [-0.4, -0.2) is 48.0 Å². The highest BCUT2D eigenvalue weighted by molar-refractivity contribution is 5.91. The first-order valence-corrected chi connectivity index (χ1v) is 10.2. The Morgan fingerprint density at radius 3 is 2.13 bits per heavy atom. The van der Waals surface area contributed by atoms with Crippen LogP contribution in [0.25, 0.3) is 11.6 Å². The minimum absolute atomic E-state index is 0.118. The summed E-state index contributed by atoms with van der Waals surface area (Å²) in [7, 11) is 1.98. The van der Waals surface area contributed by atoms with Crippen LogP contribution in [0.1, 0.15) is 23.6 Å². The molecule has 4 heteroatoms. The van der Waals surface area contributed by atoms with Crippen LogP contribution < -0.4 is 4.74 Å². The molecule has 30 heavy (non-hydrogen) atoms. The highest BCUT2D eigenvalue weighted by Crippen LogP contribution is 2.28. The lowest BCUT2D eigenvalue weighted by molar-refractivity contribution is 0.140. The number of aromatic hydroxyl groups is 1. The van der Waals surface area contributed by atoms with Crippen molar-refractivity contribution in [3.63, 3.8) is 0 Å². The van der Waals surface area contributed by atoms with E-state index >= 15 is 0 Å². The molecule has 0 saturated carbocycles. The van der Waals surface area contributed by atoms with Gasteiger partial charge in [-0.05, 0) is 66.6 Å². The number of aliphatic hydroxyl groups is 1. The van der Waals surface area contributed by atoms with Gasteiger partial charge in [-0.3, -0.25) is 4.90 Å². The van der Waals surface area contributed by atoms with E-state index in [-0.39, 0.29) is 18.4 Å².